The zero-order valence-electron chi connectivity index (χ0n) is 10.2. The third-order valence-corrected chi connectivity index (χ3v) is 3.11. The summed E-state index contributed by atoms with van der Waals surface area (Å²) in [4.78, 5) is 13.3. The average molecular weight is 253 g/mol. The molecule has 18 heavy (non-hydrogen) atoms. The average Bonchev–Trinajstić information content (AvgIpc) is 2.76. The molecule has 0 bridgehead atoms. The first-order valence-electron chi connectivity index (χ1n) is 5.87. The summed E-state index contributed by atoms with van der Waals surface area (Å²) in [5.41, 5.74) is 0.792. The molecule has 0 aliphatic carbocycles. The first kappa shape index (κ1) is 13.0. The molecule has 0 unspecified atom stereocenters. The van der Waals surface area contributed by atoms with Crippen LogP contribution in [0.15, 0.2) is 18.2 Å². The standard InChI is InChI=1S/C13H16FNO3/c1-18-13(17)9-2-3-12(14)10(6-9)7-15-5-4-11(16)8-15/h2-3,6,11,16H,4-5,7-8H2,1H3/t11-/m0/s1. The van der Waals surface area contributed by atoms with Gasteiger partial charge in [-0.05, 0) is 24.6 Å². The second-order valence-electron chi connectivity index (χ2n) is 4.48. The van der Waals surface area contributed by atoms with Crippen LogP contribution in [0.3, 0.4) is 0 Å². The largest absolute Gasteiger partial charge is 0.465 e. The highest BCUT2D eigenvalue weighted by Crippen LogP contribution is 2.17. The van der Waals surface area contributed by atoms with Gasteiger partial charge in [-0.2, -0.15) is 0 Å². The SMILES string of the molecule is COC(=O)c1ccc(F)c(CN2CC[C@H](O)C2)c1. The van der Waals surface area contributed by atoms with Crippen LogP contribution in [-0.4, -0.2) is 42.3 Å². The summed E-state index contributed by atoms with van der Waals surface area (Å²) in [5.74, 6) is -0.818. The molecule has 0 spiro atoms. The molecule has 1 saturated heterocycles. The Morgan fingerprint density at radius 1 is 1.61 bits per heavy atom. The fourth-order valence-electron chi connectivity index (χ4n) is 2.14. The summed E-state index contributed by atoms with van der Waals surface area (Å²) in [6, 6.07) is 4.18. The molecule has 1 aliphatic heterocycles. The van der Waals surface area contributed by atoms with Crippen LogP contribution in [0.1, 0.15) is 22.3 Å². The second-order valence-corrected chi connectivity index (χ2v) is 4.48. The molecular formula is C13H16FNO3. The molecular weight excluding hydrogens is 237 g/mol. The van der Waals surface area contributed by atoms with Crippen molar-refractivity contribution in [1.29, 1.82) is 0 Å². The molecule has 1 aromatic carbocycles. The van der Waals surface area contributed by atoms with E-state index in [-0.39, 0.29) is 11.9 Å². The Hall–Kier alpha value is -1.46. The molecule has 1 fully saturated rings. The van der Waals surface area contributed by atoms with Gasteiger partial charge in [0.1, 0.15) is 5.82 Å². The summed E-state index contributed by atoms with van der Waals surface area (Å²) >= 11 is 0. The van der Waals surface area contributed by atoms with Crippen LogP contribution in [0, 0.1) is 5.82 Å². The zero-order valence-corrected chi connectivity index (χ0v) is 10.2. The van der Waals surface area contributed by atoms with Gasteiger partial charge >= 0.3 is 5.97 Å². The Bertz CT molecular complexity index is 450. The van der Waals surface area contributed by atoms with Crippen LogP contribution >= 0.6 is 0 Å². The number of hydrogen-bond donors (Lipinski definition) is 1. The van der Waals surface area contributed by atoms with Crippen molar-refractivity contribution in [3.8, 4) is 0 Å². The van der Waals surface area contributed by atoms with E-state index < -0.39 is 5.97 Å². The topological polar surface area (TPSA) is 49.8 Å². The lowest BCUT2D eigenvalue weighted by Crippen LogP contribution is -2.22. The fourth-order valence-corrected chi connectivity index (χ4v) is 2.14. The third-order valence-electron chi connectivity index (χ3n) is 3.11. The smallest absolute Gasteiger partial charge is 0.337 e. The van der Waals surface area contributed by atoms with Gasteiger partial charge in [0, 0.05) is 25.2 Å². The van der Waals surface area contributed by atoms with E-state index in [2.05, 4.69) is 4.74 Å². The maximum Gasteiger partial charge on any atom is 0.337 e. The lowest BCUT2D eigenvalue weighted by Gasteiger charge is -2.15. The third kappa shape index (κ3) is 2.86. The summed E-state index contributed by atoms with van der Waals surface area (Å²) in [5, 5.41) is 9.42. The van der Waals surface area contributed by atoms with Crippen molar-refractivity contribution >= 4 is 5.97 Å². The van der Waals surface area contributed by atoms with Crippen molar-refractivity contribution < 1.29 is 19.0 Å². The predicted octanol–water partition coefficient (Wildman–Crippen LogP) is 1.18. The molecule has 4 nitrogen and oxygen atoms in total. The quantitative estimate of drug-likeness (QED) is 0.822. The number of rotatable bonds is 3. The Morgan fingerprint density at radius 2 is 2.39 bits per heavy atom. The van der Waals surface area contributed by atoms with Gasteiger partial charge in [0.2, 0.25) is 0 Å². The lowest BCUT2D eigenvalue weighted by atomic mass is 10.1. The molecule has 1 N–H and O–H groups in total. The predicted molar refractivity (Wildman–Crippen MR) is 63.6 cm³/mol. The number of aliphatic hydroxyl groups excluding tert-OH is 1. The van der Waals surface area contributed by atoms with Crippen LogP contribution in [0.4, 0.5) is 4.39 Å². The van der Waals surface area contributed by atoms with Crippen LogP contribution < -0.4 is 0 Å². The van der Waals surface area contributed by atoms with Crippen molar-refractivity contribution in [1.82, 2.24) is 4.90 Å². The normalized spacial score (nSPS) is 20.1. The maximum absolute atomic E-state index is 13.6. The van der Waals surface area contributed by atoms with E-state index in [0.717, 1.165) is 6.54 Å². The summed E-state index contributed by atoms with van der Waals surface area (Å²) < 4.78 is 18.2. The van der Waals surface area contributed by atoms with E-state index in [9.17, 15) is 14.3 Å². The molecule has 0 radical (unpaired) electrons. The Balaban J connectivity index is 2.13. The minimum atomic E-state index is -0.474. The number of halogens is 1. The highest BCUT2D eigenvalue weighted by molar-refractivity contribution is 5.89. The van der Waals surface area contributed by atoms with E-state index in [1.54, 1.807) is 0 Å². The number of β-amino-alcohol motifs (C(OH)–C–C–N with tert-alkyl or cyclic N) is 1. The molecule has 1 aliphatic rings. The molecule has 1 heterocycles. The van der Waals surface area contributed by atoms with E-state index in [0.29, 0.717) is 30.6 Å². The molecule has 0 amide bonds. The van der Waals surface area contributed by atoms with Gasteiger partial charge in [-0.1, -0.05) is 0 Å². The number of carbonyl (C=O) groups excluding carboxylic acids is 1. The lowest BCUT2D eigenvalue weighted by molar-refractivity contribution is 0.0600. The molecule has 5 heteroatoms. The first-order chi connectivity index (χ1) is 8.60. The molecule has 2 rings (SSSR count). The Morgan fingerprint density at radius 3 is 3.00 bits per heavy atom. The van der Waals surface area contributed by atoms with E-state index >= 15 is 0 Å². The van der Waals surface area contributed by atoms with Gasteiger partial charge in [-0.15, -0.1) is 0 Å². The Labute approximate surface area is 105 Å². The summed E-state index contributed by atoms with van der Waals surface area (Å²) in [6.07, 6.45) is 0.370. The first-order valence-corrected chi connectivity index (χ1v) is 5.87. The van der Waals surface area contributed by atoms with Crippen LogP contribution in [0.5, 0.6) is 0 Å². The number of likely N-dealkylation sites (tertiary alicyclic amines) is 1. The molecule has 98 valence electrons. The highest BCUT2D eigenvalue weighted by Gasteiger charge is 2.21. The number of ether oxygens (including phenoxy) is 1. The van der Waals surface area contributed by atoms with Crippen LogP contribution in [-0.2, 0) is 11.3 Å². The second kappa shape index (κ2) is 5.46. The maximum atomic E-state index is 13.6. The molecule has 0 saturated carbocycles. The van der Waals surface area contributed by atoms with Gasteiger partial charge in [-0.3, -0.25) is 4.90 Å². The van der Waals surface area contributed by atoms with Crippen LogP contribution in [0.2, 0.25) is 0 Å². The number of methoxy groups -OCH3 is 1. The number of benzene rings is 1. The zero-order chi connectivity index (χ0) is 13.1. The van der Waals surface area contributed by atoms with Gasteiger partial charge < -0.3 is 9.84 Å². The monoisotopic (exact) mass is 253 g/mol. The molecule has 1 aromatic rings. The number of carbonyl (C=O) groups is 1. The van der Waals surface area contributed by atoms with Crippen molar-refractivity contribution in [3.05, 3.63) is 35.1 Å². The van der Waals surface area contributed by atoms with Gasteiger partial charge in [0.15, 0.2) is 0 Å². The van der Waals surface area contributed by atoms with Crippen molar-refractivity contribution in [2.24, 2.45) is 0 Å². The highest BCUT2D eigenvalue weighted by atomic mass is 19.1. The van der Waals surface area contributed by atoms with Gasteiger partial charge in [0.05, 0.1) is 18.8 Å². The molecule has 0 aromatic heterocycles. The van der Waals surface area contributed by atoms with Gasteiger partial charge in [0.25, 0.3) is 0 Å². The summed E-state index contributed by atoms with van der Waals surface area (Å²) in [6.45, 7) is 1.68. The summed E-state index contributed by atoms with van der Waals surface area (Å²) in [7, 11) is 1.29. The van der Waals surface area contributed by atoms with Gasteiger partial charge in [-0.25, -0.2) is 9.18 Å². The number of nitrogens with zero attached hydrogens (tertiary/aromatic N) is 1. The fraction of sp³-hybridized carbons (Fsp3) is 0.462. The number of esters is 1. The van der Waals surface area contributed by atoms with Crippen LogP contribution in [0.25, 0.3) is 0 Å². The van der Waals surface area contributed by atoms with E-state index in [1.807, 2.05) is 4.90 Å². The van der Waals surface area contributed by atoms with Crippen molar-refractivity contribution in [2.45, 2.75) is 19.1 Å². The van der Waals surface area contributed by atoms with E-state index in [4.69, 9.17) is 0 Å². The Kier molecular flexibility index (Phi) is 3.93. The number of aliphatic hydroxyl groups is 1. The minimum Gasteiger partial charge on any atom is -0.465 e. The van der Waals surface area contributed by atoms with Crippen molar-refractivity contribution in [3.63, 3.8) is 0 Å². The van der Waals surface area contributed by atoms with Crippen molar-refractivity contribution in [2.75, 3.05) is 20.2 Å². The van der Waals surface area contributed by atoms with E-state index in [1.165, 1.54) is 25.3 Å². The molecule has 1 atom stereocenters. The number of hydrogen-bond acceptors (Lipinski definition) is 4. The minimum absolute atomic E-state index is 0.336.